The molecule has 1 aromatic carbocycles. The first kappa shape index (κ1) is 12.6. The molecule has 0 spiro atoms. The van der Waals surface area contributed by atoms with Crippen molar-refractivity contribution >= 4 is 5.91 Å². The maximum Gasteiger partial charge on any atom is 0.251 e. The van der Waals surface area contributed by atoms with Crippen LogP contribution in [-0.4, -0.2) is 22.3 Å². The SMILES string of the molecule is N#Cc1ccccc1OCCn1cc(C(N)=O)cn1. The minimum absolute atomic E-state index is 0.346. The molecule has 2 N–H and O–H groups in total. The van der Waals surface area contributed by atoms with Gasteiger partial charge in [-0.05, 0) is 12.1 Å². The van der Waals surface area contributed by atoms with E-state index in [1.807, 2.05) is 0 Å². The number of carbonyl (C=O) groups excluding carboxylic acids is 1. The van der Waals surface area contributed by atoms with Crippen LogP contribution in [0.4, 0.5) is 0 Å². The summed E-state index contributed by atoms with van der Waals surface area (Å²) in [5.41, 5.74) is 5.97. The molecule has 0 fully saturated rings. The van der Waals surface area contributed by atoms with Crippen molar-refractivity contribution in [3.8, 4) is 11.8 Å². The number of hydrogen-bond donors (Lipinski definition) is 1. The number of benzene rings is 1. The zero-order valence-electron chi connectivity index (χ0n) is 10.1. The minimum Gasteiger partial charge on any atom is -0.490 e. The molecule has 0 radical (unpaired) electrons. The molecule has 96 valence electrons. The van der Waals surface area contributed by atoms with Crippen LogP contribution in [0.1, 0.15) is 15.9 Å². The van der Waals surface area contributed by atoms with E-state index in [0.29, 0.717) is 30.0 Å². The first-order chi connectivity index (χ1) is 9.20. The van der Waals surface area contributed by atoms with Crippen LogP contribution in [0.25, 0.3) is 0 Å². The van der Waals surface area contributed by atoms with Crippen molar-refractivity contribution in [3.05, 3.63) is 47.8 Å². The monoisotopic (exact) mass is 256 g/mol. The van der Waals surface area contributed by atoms with Gasteiger partial charge in [0, 0.05) is 6.20 Å². The van der Waals surface area contributed by atoms with Gasteiger partial charge < -0.3 is 10.5 Å². The summed E-state index contributed by atoms with van der Waals surface area (Å²) in [6, 6.07) is 9.05. The fourth-order valence-corrected chi connectivity index (χ4v) is 1.55. The molecule has 0 aliphatic heterocycles. The van der Waals surface area contributed by atoms with Crippen molar-refractivity contribution in [1.82, 2.24) is 9.78 Å². The van der Waals surface area contributed by atoms with Crippen molar-refractivity contribution in [2.45, 2.75) is 6.54 Å². The van der Waals surface area contributed by atoms with Gasteiger partial charge in [-0.2, -0.15) is 10.4 Å². The third-order valence-corrected chi connectivity index (χ3v) is 2.50. The molecular weight excluding hydrogens is 244 g/mol. The van der Waals surface area contributed by atoms with Crippen LogP contribution in [0.3, 0.4) is 0 Å². The Kier molecular flexibility index (Phi) is 3.78. The smallest absolute Gasteiger partial charge is 0.251 e. The van der Waals surface area contributed by atoms with E-state index in [1.165, 1.54) is 6.20 Å². The van der Waals surface area contributed by atoms with Gasteiger partial charge in [-0.3, -0.25) is 9.48 Å². The second kappa shape index (κ2) is 5.69. The number of nitrogens with zero attached hydrogens (tertiary/aromatic N) is 3. The average Bonchev–Trinajstić information content (AvgIpc) is 2.88. The Bertz CT molecular complexity index is 628. The fraction of sp³-hybridized carbons (Fsp3) is 0.154. The number of para-hydroxylation sites is 1. The summed E-state index contributed by atoms with van der Waals surface area (Å²) < 4.78 is 7.07. The number of ether oxygens (including phenoxy) is 1. The molecule has 1 aromatic heterocycles. The number of primary amides is 1. The van der Waals surface area contributed by atoms with Gasteiger partial charge in [0.2, 0.25) is 0 Å². The van der Waals surface area contributed by atoms with Crippen molar-refractivity contribution < 1.29 is 9.53 Å². The zero-order valence-corrected chi connectivity index (χ0v) is 10.1. The Balaban J connectivity index is 1.93. The Morgan fingerprint density at radius 3 is 2.95 bits per heavy atom. The number of carbonyl (C=O) groups is 1. The first-order valence-electron chi connectivity index (χ1n) is 5.65. The highest BCUT2D eigenvalue weighted by molar-refractivity contribution is 5.92. The standard InChI is InChI=1S/C13H12N4O2/c14-7-10-3-1-2-4-12(10)19-6-5-17-9-11(8-16-17)13(15)18/h1-4,8-9H,5-6H2,(H2,15,18). The number of aromatic nitrogens is 2. The van der Waals surface area contributed by atoms with Crippen molar-refractivity contribution in [3.63, 3.8) is 0 Å². The van der Waals surface area contributed by atoms with Gasteiger partial charge in [0.1, 0.15) is 18.4 Å². The minimum atomic E-state index is -0.512. The van der Waals surface area contributed by atoms with E-state index in [0.717, 1.165) is 0 Å². The second-order valence-electron chi connectivity index (χ2n) is 3.81. The Morgan fingerprint density at radius 1 is 1.47 bits per heavy atom. The van der Waals surface area contributed by atoms with Gasteiger partial charge >= 0.3 is 0 Å². The highest BCUT2D eigenvalue weighted by atomic mass is 16.5. The molecule has 0 saturated heterocycles. The van der Waals surface area contributed by atoms with E-state index in [2.05, 4.69) is 11.2 Å². The molecule has 6 nitrogen and oxygen atoms in total. The molecule has 0 bridgehead atoms. The zero-order chi connectivity index (χ0) is 13.7. The van der Waals surface area contributed by atoms with Crippen molar-refractivity contribution in [2.24, 2.45) is 5.73 Å². The fourth-order valence-electron chi connectivity index (χ4n) is 1.55. The third-order valence-electron chi connectivity index (χ3n) is 2.50. The van der Waals surface area contributed by atoms with E-state index in [4.69, 9.17) is 15.7 Å². The number of nitrogens with two attached hydrogens (primary N) is 1. The molecule has 0 aliphatic rings. The first-order valence-corrected chi connectivity index (χ1v) is 5.65. The Labute approximate surface area is 110 Å². The lowest BCUT2D eigenvalue weighted by molar-refractivity contribution is 0.1000. The highest BCUT2D eigenvalue weighted by Gasteiger charge is 2.05. The number of hydrogen-bond acceptors (Lipinski definition) is 4. The largest absolute Gasteiger partial charge is 0.490 e. The summed E-state index contributed by atoms with van der Waals surface area (Å²) in [7, 11) is 0. The highest BCUT2D eigenvalue weighted by Crippen LogP contribution is 2.16. The summed E-state index contributed by atoms with van der Waals surface area (Å²) in [5, 5.41) is 12.9. The maximum atomic E-state index is 10.9. The predicted molar refractivity (Wildman–Crippen MR) is 67.4 cm³/mol. The second-order valence-corrected chi connectivity index (χ2v) is 3.81. The van der Waals surface area contributed by atoms with Crippen molar-refractivity contribution in [1.29, 1.82) is 5.26 Å². The molecule has 1 amide bonds. The lowest BCUT2D eigenvalue weighted by Gasteiger charge is -2.07. The summed E-state index contributed by atoms with van der Waals surface area (Å²) in [6.45, 7) is 0.811. The third kappa shape index (κ3) is 3.10. The molecule has 1 heterocycles. The van der Waals surface area contributed by atoms with Crippen LogP contribution >= 0.6 is 0 Å². The molecule has 2 aromatic rings. The molecule has 0 saturated carbocycles. The summed E-state index contributed by atoms with van der Waals surface area (Å²) >= 11 is 0. The lowest BCUT2D eigenvalue weighted by atomic mass is 10.2. The summed E-state index contributed by atoms with van der Waals surface area (Å²) in [6.07, 6.45) is 2.97. The maximum absolute atomic E-state index is 10.9. The van der Waals surface area contributed by atoms with Crippen molar-refractivity contribution in [2.75, 3.05) is 6.61 Å². The lowest BCUT2D eigenvalue weighted by Crippen LogP contribution is -2.11. The summed E-state index contributed by atoms with van der Waals surface area (Å²) in [4.78, 5) is 10.9. The van der Waals surface area contributed by atoms with Crippen LogP contribution in [0.2, 0.25) is 0 Å². The molecule has 19 heavy (non-hydrogen) atoms. The van der Waals surface area contributed by atoms with Crippen LogP contribution in [0, 0.1) is 11.3 Å². The Morgan fingerprint density at radius 2 is 2.26 bits per heavy atom. The molecule has 0 atom stereocenters. The van der Waals surface area contributed by atoms with Gasteiger partial charge in [-0.1, -0.05) is 12.1 Å². The predicted octanol–water partition coefficient (Wildman–Crippen LogP) is 0.933. The van der Waals surface area contributed by atoms with Crippen LogP contribution in [0.5, 0.6) is 5.75 Å². The Hall–Kier alpha value is -2.81. The summed E-state index contributed by atoms with van der Waals surface area (Å²) in [5.74, 6) is 0.0225. The van der Waals surface area contributed by atoms with Gasteiger partial charge in [0.05, 0.1) is 23.9 Å². The van der Waals surface area contributed by atoms with Gasteiger partial charge in [0.25, 0.3) is 5.91 Å². The molecule has 6 heteroatoms. The van der Waals surface area contributed by atoms with Crippen LogP contribution < -0.4 is 10.5 Å². The molecular formula is C13H12N4O2. The topological polar surface area (TPSA) is 93.9 Å². The molecule has 0 aliphatic carbocycles. The van der Waals surface area contributed by atoms with E-state index in [-0.39, 0.29) is 0 Å². The number of rotatable bonds is 5. The van der Waals surface area contributed by atoms with E-state index < -0.39 is 5.91 Å². The van der Waals surface area contributed by atoms with Gasteiger partial charge in [0.15, 0.2) is 0 Å². The average molecular weight is 256 g/mol. The van der Waals surface area contributed by atoms with Gasteiger partial charge in [-0.25, -0.2) is 0 Å². The van der Waals surface area contributed by atoms with Crippen LogP contribution in [0.15, 0.2) is 36.7 Å². The van der Waals surface area contributed by atoms with Crippen LogP contribution in [-0.2, 0) is 6.54 Å². The van der Waals surface area contributed by atoms with Gasteiger partial charge in [-0.15, -0.1) is 0 Å². The molecule has 2 rings (SSSR count). The van der Waals surface area contributed by atoms with E-state index in [9.17, 15) is 4.79 Å². The number of nitriles is 1. The van der Waals surface area contributed by atoms with E-state index in [1.54, 1.807) is 35.1 Å². The normalized spacial score (nSPS) is 9.84. The quantitative estimate of drug-likeness (QED) is 0.861. The van der Waals surface area contributed by atoms with E-state index >= 15 is 0 Å². The molecule has 0 unspecified atom stereocenters. The number of amides is 1.